The van der Waals surface area contributed by atoms with Crippen LogP contribution >= 0.6 is 11.6 Å². The number of hydrogen-bond acceptors (Lipinski definition) is 6. The van der Waals surface area contributed by atoms with Crippen LogP contribution in [0.1, 0.15) is 10.4 Å². The van der Waals surface area contributed by atoms with E-state index < -0.39 is 5.97 Å². The third-order valence-corrected chi connectivity index (χ3v) is 4.15. The topological polar surface area (TPSA) is 101 Å². The summed E-state index contributed by atoms with van der Waals surface area (Å²) < 4.78 is 0. The van der Waals surface area contributed by atoms with E-state index in [1.54, 1.807) is 54.9 Å². The minimum atomic E-state index is -1.03. The van der Waals surface area contributed by atoms with Crippen LogP contribution in [0.15, 0.2) is 60.9 Å². The van der Waals surface area contributed by atoms with Crippen LogP contribution in [-0.2, 0) is 0 Å². The minimum absolute atomic E-state index is 0.144. The predicted molar refractivity (Wildman–Crippen MR) is 102 cm³/mol. The third-order valence-electron chi connectivity index (χ3n) is 3.91. The summed E-state index contributed by atoms with van der Waals surface area (Å²) in [6, 6.07) is 13.6. The van der Waals surface area contributed by atoms with Crippen LogP contribution in [0.4, 0.5) is 11.5 Å². The summed E-state index contributed by atoms with van der Waals surface area (Å²) in [4.78, 5) is 20.6. The monoisotopic (exact) mass is 377 g/mol. The highest BCUT2D eigenvalue weighted by atomic mass is 35.5. The van der Waals surface area contributed by atoms with Crippen LogP contribution in [0.2, 0.25) is 5.02 Å². The number of aromatic nitrogens is 4. The largest absolute Gasteiger partial charge is 0.478 e. The highest BCUT2D eigenvalue weighted by Gasteiger charge is 2.14. The summed E-state index contributed by atoms with van der Waals surface area (Å²) in [7, 11) is 0. The van der Waals surface area contributed by atoms with Gasteiger partial charge in [-0.3, -0.25) is 0 Å². The first-order valence-electron chi connectivity index (χ1n) is 7.95. The molecule has 0 amide bonds. The lowest BCUT2D eigenvalue weighted by atomic mass is 10.1. The number of anilines is 2. The van der Waals surface area contributed by atoms with Crippen molar-refractivity contribution in [1.29, 1.82) is 0 Å². The molecule has 0 atom stereocenters. The lowest BCUT2D eigenvalue weighted by molar-refractivity contribution is 0.0698. The van der Waals surface area contributed by atoms with Crippen molar-refractivity contribution in [3.05, 3.63) is 71.5 Å². The lowest BCUT2D eigenvalue weighted by Crippen LogP contribution is -2.05. The van der Waals surface area contributed by atoms with E-state index in [4.69, 9.17) is 11.6 Å². The Balaban J connectivity index is 1.90. The number of nitrogens with one attached hydrogen (secondary N) is 1. The van der Waals surface area contributed by atoms with Gasteiger partial charge in [0.25, 0.3) is 0 Å². The zero-order valence-corrected chi connectivity index (χ0v) is 14.6. The van der Waals surface area contributed by atoms with Gasteiger partial charge in [-0.05, 0) is 36.4 Å². The van der Waals surface area contributed by atoms with E-state index in [1.165, 1.54) is 6.07 Å². The second-order valence-corrected chi connectivity index (χ2v) is 6.10. The van der Waals surface area contributed by atoms with Crippen LogP contribution < -0.4 is 5.32 Å². The maximum Gasteiger partial charge on any atom is 0.337 e. The Morgan fingerprint density at radius 2 is 1.89 bits per heavy atom. The molecule has 4 rings (SSSR count). The van der Waals surface area contributed by atoms with Crippen molar-refractivity contribution < 1.29 is 9.90 Å². The van der Waals surface area contributed by atoms with E-state index in [0.29, 0.717) is 38.8 Å². The molecule has 0 saturated carbocycles. The Morgan fingerprint density at radius 3 is 2.67 bits per heavy atom. The maximum atomic E-state index is 11.5. The molecule has 8 heteroatoms. The van der Waals surface area contributed by atoms with Gasteiger partial charge < -0.3 is 10.4 Å². The smallest absolute Gasteiger partial charge is 0.337 e. The summed E-state index contributed by atoms with van der Waals surface area (Å²) in [5.74, 6) is -0.134. The molecule has 7 nitrogen and oxygen atoms in total. The van der Waals surface area contributed by atoms with Gasteiger partial charge in [-0.25, -0.2) is 14.8 Å². The van der Waals surface area contributed by atoms with Crippen LogP contribution in [0.5, 0.6) is 0 Å². The molecule has 0 aliphatic heterocycles. The van der Waals surface area contributed by atoms with Gasteiger partial charge in [0.1, 0.15) is 5.82 Å². The summed E-state index contributed by atoms with van der Waals surface area (Å²) >= 11 is 6.12. The van der Waals surface area contributed by atoms with Gasteiger partial charge in [-0.2, -0.15) is 10.2 Å². The molecule has 0 radical (unpaired) electrons. The van der Waals surface area contributed by atoms with Crippen LogP contribution in [0.25, 0.3) is 22.3 Å². The van der Waals surface area contributed by atoms with Gasteiger partial charge in [-0.15, -0.1) is 0 Å². The number of aromatic carboxylic acids is 1. The standard InChI is InChI=1S/C19H12ClN5O2/c20-12-5-6-13-16(9-12)24-17(11-7-8-21-22-10-11)25-18(13)23-15-4-2-1-3-14(15)19(26)27/h1-10H,(H,26,27)(H,23,24,25). The molecule has 0 unspecified atom stereocenters. The number of rotatable bonds is 4. The Bertz CT molecular complexity index is 1150. The second-order valence-electron chi connectivity index (χ2n) is 5.66. The fraction of sp³-hybridized carbons (Fsp3) is 0. The zero-order valence-electron chi connectivity index (χ0n) is 13.8. The van der Waals surface area contributed by atoms with E-state index in [-0.39, 0.29) is 5.56 Å². The molecule has 2 N–H and O–H groups in total. The first kappa shape index (κ1) is 16.9. The number of hydrogen-bond donors (Lipinski definition) is 2. The average Bonchev–Trinajstić information content (AvgIpc) is 2.68. The van der Waals surface area contributed by atoms with Crippen molar-refractivity contribution in [3.63, 3.8) is 0 Å². The molecule has 0 fully saturated rings. The van der Waals surface area contributed by atoms with Gasteiger partial charge in [0.05, 0.1) is 29.2 Å². The number of benzene rings is 2. The molecule has 0 spiro atoms. The minimum Gasteiger partial charge on any atom is -0.478 e. The quantitative estimate of drug-likeness (QED) is 0.550. The predicted octanol–water partition coefficient (Wildman–Crippen LogP) is 4.18. The summed E-state index contributed by atoms with van der Waals surface area (Å²) in [5, 5.41) is 21.4. The highest BCUT2D eigenvalue weighted by molar-refractivity contribution is 6.31. The van der Waals surface area contributed by atoms with Crippen molar-refractivity contribution in [3.8, 4) is 11.4 Å². The lowest BCUT2D eigenvalue weighted by Gasteiger charge is -2.13. The molecule has 2 heterocycles. The molecule has 2 aromatic heterocycles. The first-order chi connectivity index (χ1) is 13.1. The van der Waals surface area contributed by atoms with Crippen molar-refractivity contribution in [2.75, 3.05) is 5.32 Å². The molecule has 0 bridgehead atoms. The van der Waals surface area contributed by atoms with E-state index in [9.17, 15) is 9.90 Å². The summed E-state index contributed by atoms with van der Waals surface area (Å²) in [5.41, 5.74) is 1.88. The second kappa shape index (κ2) is 6.97. The summed E-state index contributed by atoms with van der Waals surface area (Å²) in [6.07, 6.45) is 3.11. The van der Waals surface area contributed by atoms with Crippen molar-refractivity contribution in [1.82, 2.24) is 20.2 Å². The van der Waals surface area contributed by atoms with Gasteiger partial charge in [-0.1, -0.05) is 23.7 Å². The van der Waals surface area contributed by atoms with E-state index in [0.717, 1.165) is 0 Å². The molecule has 0 aliphatic rings. The highest BCUT2D eigenvalue weighted by Crippen LogP contribution is 2.29. The number of carboxylic acids is 1. The molecule has 0 saturated heterocycles. The van der Waals surface area contributed by atoms with Gasteiger partial charge >= 0.3 is 5.97 Å². The van der Waals surface area contributed by atoms with Crippen LogP contribution in [0.3, 0.4) is 0 Å². The number of halogens is 1. The first-order valence-corrected chi connectivity index (χ1v) is 8.33. The normalized spacial score (nSPS) is 10.7. The Labute approximate surface area is 158 Å². The maximum absolute atomic E-state index is 11.5. The van der Waals surface area contributed by atoms with E-state index in [1.807, 2.05) is 0 Å². The summed E-state index contributed by atoms with van der Waals surface area (Å²) in [6.45, 7) is 0. The van der Waals surface area contributed by atoms with Gasteiger partial charge in [0.15, 0.2) is 5.82 Å². The number of nitrogens with zero attached hydrogens (tertiary/aromatic N) is 4. The fourth-order valence-electron chi connectivity index (χ4n) is 2.66. The van der Waals surface area contributed by atoms with Crippen molar-refractivity contribution >= 4 is 40.0 Å². The Kier molecular flexibility index (Phi) is 4.35. The van der Waals surface area contributed by atoms with Crippen molar-refractivity contribution in [2.45, 2.75) is 0 Å². The van der Waals surface area contributed by atoms with E-state index >= 15 is 0 Å². The SMILES string of the molecule is O=C(O)c1ccccc1Nc1nc(-c2ccnnc2)nc2cc(Cl)ccc12. The van der Waals surface area contributed by atoms with Crippen molar-refractivity contribution in [2.24, 2.45) is 0 Å². The average molecular weight is 378 g/mol. The number of carbonyl (C=O) groups is 1. The number of fused-ring (bicyclic) bond motifs is 1. The molecule has 27 heavy (non-hydrogen) atoms. The van der Waals surface area contributed by atoms with Crippen LogP contribution in [0, 0.1) is 0 Å². The van der Waals surface area contributed by atoms with Gasteiger partial charge in [0.2, 0.25) is 0 Å². The van der Waals surface area contributed by atoms with Crippen LogP contribution in [-0.4, -0.2) is 31.2 Å². The molecular weight excluding hydrogens is 366 g/mol. The molecule has 2 aromatic carbocycles. The fourth-order valence-corrected chi connectivity index (χ4v) is 2.82. The van der Waals surface area contributed by atoms with E-state index in [2.05, 4.69) is 25.5 Å². The molecule has 4 aromatic rings. The molecule has 132 valence electrons. The zero-order chi connectivity index (χ0) is 18.8. The third kappa shape index (κ3) is 3.40. The Morgan fingerprint density at radius 1 is 1.04 bits per heavy atom. The Hall–Kier alpha value is -3.58. The molecular formula is C19H12ClN5O2. The number of para-hydroxylation sites is 1. The molecule has 0 aliphatic carbocycles. The number of carboxylic acid groups (broad SMARTS) is 1. The van der Waals surface area contributed by atoms with Gasteiger partial charge in [0, 0.05) is 16.0 Å².